The zero-order valence-corrected chi connectivity index (χ0v) is 12.4. The largest absolute Gasteiger partial charge is 0.417 e. The predicted octanol–water partition coefficient (Wildman–Crippen LogP) is 4.09. The fraction of sp³-hybridized carbons (Fsp3) is 0.111. The van der Waals surface area contributed by atoms with Crippen molar-refractivity contribution in [3.8, 4) is 0 Å². The van der Waals surface area contributed by atoms with Crippen LogP contribution in [0, 0.1) is 0 Å². The van der Waals surface area contributed by atoms with E-state index in [1.54, 1.807) is 30.3 Å². The fourth-order valence-electron chi connectivity index (χ4n) is 2.74. The molecular weight excluding hydrogens is 319 g/mol. The Morgan fingerprint density at radius 3 is 2.38 bits per heavy atom. The van der Waals surface area contributed by atoms with E-state index in [1.807, 2.05) is 0 Å². The van der Waals surface area contributed by atoms with Gasteiger partial charge in [-0.2, -0.15) is 13.2 Å². The predicted molar refractivity (Wildman–Crippen MR) is 82.9 cm³/mol. The van der Waals surface area contributed by atoms with Gasteiger partial charge in [-0.25, -0.2) is 0 Å². The zero-order valence-electron chi connectivity index (χ0n) is 12.4. The molecule has 0 aliphatic heterocycles. The van der Waals surface area contributed by atoms with E-state index >= 15 is 0 Å². The summed E-state index contributed by atoms with van der Waals surface area (Å²) in [7, 11) is 0. The van der Waals surface area contributed by atoms with Gasteiger partial charge < -0.3 is 4.79 Å². The molecule has 0 atom stereocenters. The molecule has 0 N–H and O–H groups in total. The first kappa shape index (κ1) is 16.0. The van der Waals surface area contributed by atoms with Crippen LogP contribution >= 0.6 is 0 Å². The van der Waals surface area contributed by atoms with Gasteiger partial charge in [-0.1, -0.05) is 24.3 Å². The number of aromatic nitrogens is 1. The molecule has 0 saturated carbocycles. The molecule has 0 fully saturated rings. The minimum Gasteiger partial charge on any atom is -0.303 e. The second-order valence-electron chi connectivity index (χ2n) is 5.26. The third-order valence-electron chi connectivity index (χ3n) is 3.76. The average molecular weight is 331 g/mol. The Balaban J connectivity index is 2.27. The Kier molecular flexibility index (Phi) is 3.97. The lowest BCUT2D eigenvalue weighted by Crippen LogP contribution is -2.11. The quantitative estimate of drug-likeness (QED) is 0.678. The van der Waals surface area contributed by atoms with Crippen LogP contribution in [-0.2, 0) is 17.4 Å². The molecule has 0 aliphatic carbocycles. The summed E-state index contributed by atoms with van der Waals surface area (Å²) < 4.78 is 41.0. The van der Waals surface area contributed by atoms with Crippen molar-refractivity contribution in [1.29, 1.82) is 0 Å². The molecule has 122 valence electrons. The lowest BCUT2D eigenvalue weighted by atomic mass is 10.0. The minimum atomic E-state index is -4.57. The van der Waals surface area contributed by atoms with Crippen molar-refractivity contribution in [1.82, 2.24) is 4.57 Å². The molecule has 0 unspecified atom stereocenters. The van der Waals surface area contributed by atoms with Crippen LogP contribution in [0.5, 0.6) is 0 Å². The number of alkyl halides is 3. The van der Waals surface area contributed by atoms with Crippen molar-refractivity contribution in [3.05, 3.63) is 71.4 Å². The number of carbonyl (C=O) groups excluding carboxylic acids is 2. The van der Waals surface area contributed by atoms with Crippen molar-refractivity contribution in [2.24, 2.45) is 0 Å². The summed E-state index contributed by atoms with van der Waals surface area (Å²) in [5.74, 6) is -0.447. The second kappa shape index (κ2) is 5.96. The summed E-state index contributed by atoms with van der Waals surface area (Å²) in [5, 5.41) is -0.110. The number of nitrogens with zero attached hydrogens (tertiary/aromatic N) is 1. The summed E-state index contributed by atoms with van der Waals surface area (Å²) in [6.45, 7) is 0. The second-order valence-corrected chi connectivity index (χ2v) is 5.26. The van der Waals surface area contributed by atoms with E-state index in [1.165, 1.54) is 22.9 Å². The van der Waals surface area contributed by atoms with E-state index in [0.29, 0.717) is 11.8 Å². The van der Waals surface area contributed by atoms with E-state index in [9.17, 15) is 22.8 Å². The molecule has 0 amide bonds. The summed E-state index contributed by atoms with van der Waals surface area (Å²) in [5.41, 5.74) is -0.186. The molecule has 3 nitrogen and oxygen atoms in total. The molecule has 1 heterocycles. The highest BCUT2D eigenvalue weighted by molar-refractivity contribution is 6.04. The van der Waals surface area contributed by atoms with Crippen molar-refractivity contribution in [3.63, 3.8) is 0 Å². The Labute approximate surface area is 135 Å². The topological polar surface area (TPSA) is 39.1 Å². The first-order chi connectivity index (χ1) is 11.4. The molecule has 6 heteroatoms. The normalized spacial score (nSPS) is 11.6. The van der Waals surface area contributed by atoms with Crippen molar-refractivity contribution >= 4 is 23.1 Å². The maximum Gasteiger partial charge on any atom is 0.417 e. The number of halogens is 3. The number of hydrogen-bond donors (Lipinski definition) is 0. The van der Waals surface area contributed by atoms with Gasteiger partial charge in [0.05, 0.1) is 11.1 Å². The van der Waals surface area contributed by atoms with Crippen molar-refractivity contribution < 1.29 is 22.8 Å². The molecule has 0 spiro atoms. The number of benzene rings is 2. The SMILES string of the molecule is O=CCc1cn(C(=O)c2ccccc2)c2cccc(C(F)(F)F)c12. The van der Waals surface area contributed by atoms with Crippen LogP contribution in [-0.4, -0.2) is 16.8 Å². The van der Waals surface area contributed by atoms with Gasteiger partial charge in [-0.15, -0.1) is 0 Å². The van der Waals surface area contributed by atoms with E-state index in [4.69, 9.17) is 0 Å². The highest BCUT2D eigenvalue weighted by atomic mass is 19.4. The van der Waals surface area contributed by atoms with E-state index in [-0.39, 0.29) is 22.9 Å². The molecule has 3 rings (SSSR count). The molecule has 0 radical (unpaired) electrons. The average Bonchev–Trinajstić information content (AvgIpc) is 2.93. The third kappa shape index (κ3) is 2.71. The van der Waals surface area contributed by atoms with Crippen LogP contribution < -0.4 is 0 Å². The first-order valence-electron chi connectivity index (χ1n) is 7.17. The van der Waals surface area contributed by atoms with Gasteiger partial charge >= 0.3 is 6.18 Å². The van der Waals surface area contributed by atoms with Gasteiger partial charge in [0.15, 0.2) is 0 Å². The fourth-order valence-corrected chi connectivity index (χ4v) is 2.74. The van der Waals surface area contributed by atoms with E-state index in [2.05, 4.69) is 0 Å². The number of rotatable bonds is 3. The third-order valence-corrected chi connectivity index (χ3v) is 3.76. The Morgan fingerprint density at radius 1 is 1.04 bits per heavy atom. The molecule has 0 aliphatic rings. The van der Waals surface area contributed by atoms with Gasteiger partial charge in [0, 0.05) is 23.6 Å². The molecular formula is C18H12F3NO2. The highest BCUT2D eigenvalue weighted by Crippen LogP contribution is 2.37. The standard InChI is InChI=1S/C18H12F3NO2/c19-18(20,21)14-7-4-8-15-16(14)13(9-10-23)11-22(15)17(24)12-5-2-1-3-6-12/h1-8,10-11H,9H2. The lowest BCUT2D eigenvalue weighted by Gasteiger charge is -2.10. The van der Waals surface area contributed by atoms with Crippen LogP contribution in [0.15, 0.2) is 54.7 Å². The van der Waals surface area contributed by atoms with E-state index in [0.717, 1.165) is 6.07 Å². The monoisotopic (exact) mass is 331 g/mol. The molecule has 1 aromatic heterocycles. The van der Waals surface area contributed by atoms with Crippen LogP contribution in [0.4, 0.5) is 13.2 Å². The van der Waals surface area contributed by atoms with Crippen molar-refractivity contribution in [2.75, 3.05) is 0 Å². The zero-order chi connectivity index (χ0) is 17.3. The van der Waals surface area contributed by atoms with E-state index < -0.39 is 17.6 Å². The highest BCUT2D eigenvalue weighted by Gasteiger charge is 2.34. The first-order valence-corrected chi connectivity index (χ1v) is 7.17. The van der Waals surface area contributed by atoms with Gasteiger partial charge in [0.2, 0.25) is 0 Å². The van der Waals surface area contributed by atoms with Gasteiger partial charge in [0.1, 0.15) is 6.29 Å². The lowest BCUT2D eigenvalue weighted by molar-refractivity contribution is -0.136. The number of carbonyl (C=O) groups is 2. The minimum absolute atomic E-state index is 0.110. The summed E-state index contributed by atoms with van der Waals surface area (Å²) in [4.78, 5) is 23.5. The Bertz CT molecular complexity index is 911. The smallest absolute Gasteiger partial charge is 0.303 e. The van der Waals surface area contributed by atoms with Gasteiger partial charge in [-0.3, -0.25) is 9.36 Å². The maximum atomic E-state index is 13.3. The van der Waals surface area contributed by atoms with Crippen LogP contribution in [0.25, 0.3) is 10.9 Å². The van der Waals surface area contributed by atoms with Crippen LogP contribution in [0.2, 0.25) is 0 Å². The number of aldehydes is 1. The molecule has 0 bridgehead atoms. The molecule has 3 aromatic rings. The van der Waals surface area contributed by atoms with Gasteiger partial charge in [-0.05, 0) is 29.8 Å². The molecule has 0 saturated heterocycles. The maximum absolute atomic E-state index is 13.3. The number of hydrogen-bond acceptors (Lipinski definition) is 2. The van der Waals surface area contributed by atoms with Gasteiger partial charge in [0.25, 0.3) is 5.91 Å². The number of fused-ring (bicyclic) bond motifs is 1. The van der Waals surface area contributed by atoms with Crippen LogP contribution in [0.3, 0.4) is 0 Å². The summed E-state index contributed by atoms with van der Waals surface area (Å²) in [6.07, 6.45) is -2.93. The summed E-state index contributed by atoms with van der Waals surface area (Å²) in [6, 6.07) is 11.9. The van der Waals surface area contributed by atoms with Crippen molar-refractivity contribution in [2.45, 2.75) is 12.6 Å². The Hall–Kier alpha value is -2.89. The molecule has 2 aromatic carbocycles. The van der Waals surface area contributed by atoms with Crippen LogP contribution in [0.1, 0.15) is 21.5 Å². The molecule has 24 heavy (non-hydrogen) atoms. The summed E-state index contributed by atoms with van der Waals surface area (Å²) >= 11 is 0. The Morgan fingerprint density at radius 2 is 1.75 bits per heavy atom.